The van der Waals surface area contributed by atoms with Gasteiger partial charge < -0.3 is 5.11 Å². The number of benzene rings is 1. The molecule has 0 unspecified atom stereocenters. The molecule has 0 aromatic heterocycles. The molecular weight excluding hydrogens is 160 g/mol. The van der Waals surface area contributed by atoms with E-state index in [1.165, 1.54) is 11.1 Å². The molecule has 0 radical (unpaired) electrons. The Balaban J connectivity index is 2.55. The van der Waals surface area contributed by atoms with Crippen LogP contribution in [-0.2, 0) is 0 Å². The summed E-state index contributed by atoms with van der Waals surface area (Å²) in [4.78, 5) is 0. The quantitative estimate of drug-likeness (QED) is 0.748. The molecule has 0 spiro atoms. The zero-order valence-electron chi connectivity index (χ0n) is 8.03. The van der Waals surface area contributed by atoms with Crippen LogP contribution < -0.4 is 0 Å². The van der Waals surface area contributed by atoms with Crippen LogP contribution in [0, 0.1) is 0 Å². The van der Waals surface area contributed by atoms with Gasteiger partial charge >= 0.3 is 0 Å². The van der Waals surface area contributed by atoms with Crippen molar-refractivity contribution in [3.63, 3.8) is 0 Å². The Morgan fingerprint density at radius 3 is 2.62 bits per heavy atom. The molecule has 1 aromatic rings. The molecule has 1 rings (SSSR count). The number of hydrogen-bond acceptors (Lipinski definition) is 1. The highest BCUT2D eigenvalue weighted by atomic mass is 16.2. The Hall–Kier alpha value is -1.08. The summed E-state index contributed by atoms with van der Waals surface area (Å²) in [5.74, 6) is 0. The Kier molecular flexibility index (Phi) is 4.27. The summed E-state index contributed by atoms with van der Waals surface area (Å²) < 4.78 is 0. The number of aliphatic hydroxyl groups is 1. The molecule has 0 aliphatic carbocycles. The van der Waals surface area contributed by atoms with E-state index in [4.69, 9.17) is 5.11 Å². The maximum atomic E-state index is 8.65. The van der Waals surface area contributed by atoms with Gasteiger partial charge in [-0.3, -0.25) is 0 Å². The van der Waals surface area contributed by atoms with Crippen molar-refractivity contribution < 1.29 is 5.11 Å². The third-order valence-corrected chi connectivity index (χ3v) is 1.94. The molecule has 13 heavy (non-hydrogen) atoms. The highest BCUT2D eigenvalue weighted by molar-refractivity contribution is 5.51. The van der Waals surface area contributed by atoms with Gasteiger partial charge in [-0.05, 0) is 25.3 Å². The van der Waals surface area contributed by atoms with Crippen LogP contribution in [0.1, 0.15) is 25.3 Å². The van der Waals surface area contributed by atoms with Gasteiger partial charge in [-0.2, -0.15) is 0 Å². The first-order valence-electron chi connectivity index (χ1n) is 4.66. The van der Waals surface area contributed by atoms with Crippen LogP contribution in [0.3, 0.4) is 0 Å². The minimum atomic E-state index is 0.278. The smallest absolute Gasteiger partial charge is 0.0434 e. The molecule has 1 nitrogen and oxygen atoms in total. The van der Waals surface area contributed by atoms with Crippen LogP contribution in [0.2, 0.25) is 0 Å². The van der Waals surface area contributed by atoms with E-state index in [0.717, 1.165) is 12.8 Å². The molecule has 70 valence electrons. The van der Waals surface area contributed by atoms with Crippen LogP contribution in [-0.4, -0.2) is 11.7 Å². The summed E-state index contributed by atoms with van der Waals surface area (Å²) in [6.07, 6.45) is 4.00. The molecule has 0 atom stereocenters. The second kappa shape index (κ2) is 5.55. The molecule has 0 fully saturated rings. The van der Waals surface area contributed by atoms with Crippen molar-refractivity contribution in [3.05, 3.63) is 41.5 Å². The molecule has 0 saturated carbocycles. The average molecular weight is 176 g/mol. The van der Waals surface area contributed by atoms with Crippen molar-refractivity contribution in [3.8, 4) is 0 Å². The van der Waals surface area contributed by atoms with E-state index in [1.807, 2.05) is 18.2 Å². The van der Waals surface area contributed by atoms with Gasteiger partial charge in [0, 0.05) is 6.61 Å². The number of hydrogen-bond donors (Lipinski definition) is 1. The van der Waals surface area contributed by atoms with Crippen LogP contribution >= 0.6 is 0 Å². The van der Waals surface area contributed by atoms with E-state index in [2.05, 4.69) is 25.1 Å². The lowest BCUT2D eigenvalue weighted by atomic mass is 10.1. The van der Waals surface area contributed by atoms with Gasteiger partial charge in [0.05, 0.1) is 0 Å². The van der Waals surface area contributed by atoms with E-state index in [1.54, 1.807) is 0 Å². The van der Waals surface area contributed by atoms with Crippen molar-refractivity contribution in [1.82, 2.24) is 0 Å². The number of aliphatic hydroxyl groups excluding tert-OH is 1. The molecule has 1 N–H and O–H groups in total. The van der Waals surface area contributed by atoms with Gasteiger partial charge in [0.15, 0.2) is 0 Å². The van der Waals surface area contributed by atoms with Gasteiger partial charge in [0.25, 0.3) is 0 Å². The Morgan fingerprint density at radius 1 is 1.31 bits per heavy atom. The van der Waals surface area contributed by atoms with Crippen LogP contribution in [0.15, 0.2) is 35.9 Å². The van der Waals surface area contributed by atoms with E-state index in [9.17, 15) is 0 Å². The molecule has 0 aliphatic rings. The SMILES string of the molecule is CC(=Cc1ccccc1)CCCO. The van der Waals surface area contributed by atoms with E-state index >= 15 is 0 Å². The maximum absolute atomic E-state index is 8.65. The standard InChI is InChI=1S/C12H16O/c1-11(6-5-9-13)10-12-7-3-2-4-8-12/h2-4,7-8,10,13H,5-6,9H2,1H3. The molecule has 0 amide bonds. The number of rotatable bonds is 4. The predicted octanol–water partition coefficient (Wildman–Crippen LogP) is 2.86. The molecule has 0 aliphatic heterocycles. The second-order valence-electron chi connectivity index (χ2n) is 3.23. The zero-order chi connectivity index (χ0) is 9.52. The largest absolute Gasteiger partial charge is 0.396 e. The molecular formula is C12H16O. The molecule has 0 heterocycles. The summed E-state index contributed by atoms with van der Waals surface area (Å²) in [5, 5.41) is 8.65. The molecule has 1 aromatic carbocycles. The van der Waals surface area contributed by atoms with E-state index in [-0.39, 0.29) is 6.61 Å². The first kappa shape index (κ1) is 10.0. The fourth-order valence-electron chi connectivity index (χ4n) is 1.26. The van der Waals surface area contributed by atoms with E-state index in [0.29, 0.717) is 0 Å². The topological polar surface area (TPSA) is 20.2 Å². The van der Waals surface area contributed by atoms with Gasteiger partial charge in [0.1, 0.15) is 0 Å². The van der Waals surface area contributed by atoms with Crippen LogP contribution in [0.4, 0.5) is 0 Å². The summed E-state index contributed by atoms with van der Waals surface area (Å²) in [6.45, 7) is 2.38. The monoisotopic (exact) mass is 176 g/mol. The highest BCUT2D eigenvalue weighted by Gasteiger charge is 1.90. The first-order chi connectivity index (χ1) is 6.33. The molecule has 1 heteroatoms. The average Bonchev–Trinajstić information content (AvgIpc) is 2.16. The maximum Gasteiger partial charge on any atom is 0.0434 e. The van der Waals surface area contributed by atoms with E-state index < -0.39 is 0 Å². The van der Waals surface area contributed by atoms with Crippen LogP contribution in [0.25, 0.3) is 6.08 Å². The fourth-order valence-corrected chi connectivity index (χ4v) is 1.26. The summed E-state index contributed by atoms with van der Waals surface area (Å²) in [5.41, 5.74) is 2.55. The lowest BCUT2D eigenvalue weighted by Gasteiger charge is -1.99. The van der Waals surface area contributed by atoms with Gasteiger partial charge in [-0.15, -0.1) is 0 Å². The Morgan fingerprint density at radius 2 is 2.00 bits per heavy atom. The summed E-state index contributed by atoms with van der Waals surface area (Å²) in [7, 11) is 0. The molecule has 0 saturated heterocycles. The Bertz CT molecular complexity index is 262. The minimum Gasteiger partial charge on any atom is -0.396 e. The predicted molar refractivity (Wildman–Crippen MR) is 56.4 cm³/mol. The van der Waals surface area contributed by atoms with Crippen molar-refractivity contribution in [2.24, 2.45) is 0 Å². The van der Waals surface area contributed by atoms with Crippen LogP contribution in [0.5, 0.6) is 0 Å². The van der Waals surface area contributed by atoms with Gasteiger partial charge in [-0.1, -0.05) is 42.0 Å². The van der Waals surface area contributed by atoms with Crippen molar-refractivity contribution >= 4 is 6.08 Å². The minimum absolute atomic E-state index is 0.278. The van der Waals surface area contributed by atoms with Crippen molar-refractivity contribution in [2.75, 3.05) is 6.61 Å². The Labute approximate surface area is 79.7 Å². The summed E-state index contributed by atoms with van der Waals surface area (Å²) >= 11 is 0. The fraction of sp³-hybridized carbons (Fsp3) is 0.333. The first-order valence-corrected chi connectivity index (χ1v) is 4.66. The van der Waals surface area contributed by atoms with Crippen molar-refractivity contribution in [2.45, 2.75) is 19.8 Å². The van der Waals surface area contributed by atoms with Gasteiger partial charge in [-0.25, -0.2) is 0 Å². The highest BCUT2D eigenvalue weighted by Crippen LogP contribution is 2.10. The lowest BCUT2D eigenvalue weighted by Crippen LogP contribution is -1.83. The summed E-state index contributed by atoms with van der Waals surface area (Å²) in [6, 6.07) is 10.3. The third-order valence-electron chi connectivity index (χ3n) is 1.94. The lowest BCUT2D eigenvalue weighted by molar-refractivity contribution is 0.288. The zero-order valence-corrected chi connectivity index (χ0v) is 8.03. The molecule has 0 bridgehead atoms. The van der Waals surface area contributed by atoms with Gasteiger partial charge in [0.2, 0.25) is 0 Å². The van der Waals surface area contributed by atoms with Crippen molar-refractivity contribution in [1.29, 1.82) is 0 Å². The number of allylic oxidation sites excluding steroid dienone is 1. The second-order valence-corrected chi connectivity index (χ2v) is 3.23. The normalized spacial score (nSPS) is 11.7. The third kappa shape index (κ3) is 3.90.